The smallest absolute Gasteiger partial charge is 0.00158 e. The summed E-state index contributed by atoms with van der Waals surface area (Å²) >= 11 is 0. The molecule has 0 heteroatoms. The Hall–Kier alpha value is -0.260. The van der Waals surface area contributed by atoms with Crippen LogP contribution in [0.25, 0.3) is 0 Å². The van der Waals surface area contributed by atoms with Gasteiger partial charge in [0.1, 0.15) is 0 Å². The largest absolute Gasteiger partial charge is 0.0876 e. The molecule has 2 saturated carbocycles. The van der Waals surface area contributed by atoms with E-state index in [1.165, 1.54) is 12.8 Å². The molecule has 0 aromatic rings. The van der Waals surface area contributed by atoms with Gasteiger partial charge < -0.3 is 0 Å². The molecule has 2 unspecified atom stereocenters. The van der Waals surface area contributed by atoms with Crippen LogP contribution in [0.15, 0.2) is 11.6 Å². The zero-order chi connectivity index (χ0) is 5.78. The summed E-state index contributed by atoms with van der Waals surface area (Å²) in [6, 6.07) is 0. The summed E-state index contributed by atoms with van der Waals surface area (Å²) in [4.78, 5) is 0. The molecular formula is C8H12. The lowest BCUT2D eigenvalue weighted by Gasteiger charge is -1.95. The average molecular weight is 108 g/mol. The minimum absolute atomic E-state index is 0.786. The predicted octanol–water partition coefficient (Wildman–Crippen LogP) is 2.36. The van der Waals surface area contributed by atoms with Crippen LogP contribution < -0.4 is 0 Å². The van der Waals surface area contributed by atoms with Crippen LogP contribution in [0, 0.1) is 11.3 Å². The molecule has 2 fully saturated rings. The average Bonchev–Trinajstić information content (AvgIpc) is 2.51. The fourth-order valence-corrected chi connectivity index (χ4v) is 2.01. The third-order valence-corrected chi connectivity index (χ3v) is 2.88. The standard InChI is InChI=1S/C8H12/c1-3-6-7-5-8(6,7)4-2/h3,7H,4-5H2,1-2H3. The predicted molar refractivity (Wildman–Crippen MR) is 34.6 cm³/mol. The summed E-state index contributed by atoms with van der Waals surface area (Å²) in [6.45, 7) is 4.47. The molecule has 2 aliphatic carbocycles. The van der Waals surface area contributed by atoms with Crippen molar-refractivity contribution in [1.29, 1.82) is 0 Å². The Morgan fingerprint density at radius 2 is 2.62 bits per heavy atom. The normalized spacial score (nSPS) is 53.8. The fraction of sp³-hybridized carbons (Fsp3) is 0.750. The van der Waals surface area contributed by atoms with Gasteiger partial charge in [-0.1, -0.05) is 18.6 Å². The number of hydrogen-bond acceptors (Lipinski definition) is 0. The van der Waals surface area contributed by atoms with Gasteiger partial charge in [0, 0.05) is 0 Å². The third-order valence-electron chi connectivity index (χ3n) is 2.88. The van der Waals surface area contributed by atoms with Crippen LogP contribution in [-0.2, 0) is 0 Å². The number of fused-ring (bicyclic) bond motifs is 1. The molecule has 0 saturated heterocycles. The van der Waals surface area contributed by atoms with Gasteiger partial charge >= 0.3 is 0 Å². The van der Waals surface area contributed by atoms with Gasteiger partial charge in [0.2, 0.25) is 0 Å². The van der Waals surface area contributed by atoms with Gasteiger partial charge in [0.15, 0.2) is 0 Å². The van der Waals surface area contributed by atoms with Gasteiger partial charge in [0.05, 0.1) is 0 Å². The van der Waals surface area contributed by atoms with Crippen molar-refractivity contribution >= 4 is 0 Å². The molecule has 0 heterocycles. The Kier molecular flexibility index (Phi) is 0.588. The van der Waals surface area contributed by atoms with Crippen LogP contribution in [0.5, 0.6) is 0 Å². The van der Waals surface area contributed by atoms with Gasteiger partial charge in [-0.05, 0) is 31.1 Å². The first kappa shape index (κ1) is 4.60. The number of rotatable bonds is 1. The van der Waals surface area contributed by atoms with Crippen LogP contribution >= 0.6 is 0 Å². The highest BCUT2D eigenvalue weighted by atomic mass is 14.8. The van der Waals surface area contributed by atoms with E-state index in [0.29, 0.717) is 0 Å². The van der Waals surface area contributed by atoms with Gasteiger partial charge in [0.25, 0.3) is 0 Å². The van der Waals surface area contributed by atoms with Crippen LogP contribution in [-0.4, -0.2) is 0 Å². The van der Waals surface area contributed by atoms with E-state index in [-0.39, 0.29) is 0 Å². The second-order valence-corrected chi connectivity index (χ2v) is 3.01. The Morgan fingerprint density at radius 1 is 1.88 bits per heavy atom. The van der Waals surface area contributed by atoms with E-state index in [4.69, 9.17) is 0 Å². The molecule has 0 spiro atoms. The van der Waals surface area contributed by atoms with Crippen molar-refractivity contribution in [2.75, 3.05) is 0 Å². The zero-order valence-electron chi connectivity index (χ0n) is 5.57. The molecule has 2 aliphatic rings. The van der Waals surface area contributed by atoms with Crippen molar-refractivity contribution in [2.24, 2.45) is 11.3 Å². The molecule has 0 bridgehead atoms. The summed E-state index contributed by atoms with van der Waals surface area (Å²) in [6.07, 6.45) is 5.19. The van der Waals surface area contributed by atoms with Crippen LogP contribution in [0.2, 0.25) is 0 Å². The topological polar surface area (TPSA) is 0 Å². The molecule has 2 atom stereocenters. The van der Waals surface area contributed by atoms with E-state index in [2.05, 4.69) is 19.9 Å². The molecule has 2 rings (SSSR count). The molecule has 0 N–H and O–H groups in total. The summed E-state index contributed by atoms with van der Waals surface area (Å²) in [5.41, 5.74) is 2.54. The number of allylic oxidation sites excluding steroid dienone is 2. The zero-order valence-corrected chi connectivity index (χ0v) is 5.57. The monoisotopic (exact) mass is 108 g/mol. The maximum atomic E-state index is 2.30. The summed E-state index contributed by atoms with van der Waals surface area (Å²) in [5, 5.41) is 0. The molecule has 0 radical (unpaired) electrons. The molecule has 0 aromatic carbocycles. The summed E-state index contributed by atoms with van der Waals surface area (Å²) in [5.74, 6) is 1.05. The maximum Gasteiger partial charge on any atom is -0.00158 e. The molecule has 0 aromatic heterocycles. The highest BCUT2D eigenvalue weighted by Gasteiger charge is 2.72. The van der Waals surface area contributed by atoms with Crippen molar-refractivity contribution < 1.29 is 0 Å². The van der Waals surface area contributed by atoms with Gasteiger partial charge in [-0.15, -0.1) is 0 Å². The first-order chi connectivity index (χ1) is 3.85. The van der Waals surface area contributed by atoms with E-state index in [0.717, 1.165) is 11.3 Å². The van der Waals surface area contributed by atoms with E-state index < -0.39 is 0 Å². The van der Waals surface area contributed by atoms with E-state index in [1.54, 1.807) is 5.57 Å². The lowest BCUT2D eigenvalue weighted by atomic mass is 10.1. The van der Waals surface area contributed by atoms with Crippen LogP contribution in [0.1, 0.15) is 26.7 Å². The highest BCUT2D eigenvalue weighted by Crippen LogP contribution is 2.81. The van der Waals surface area contributed by atoms with E-state index in [9.17, 15) is 0 Å². The molecule has 44 valence electrons. The van der Waals surface area contributed by atoms with Gasteiger partial charge in [-0.2, -0.15) is 0 Å². The second kappa shape index (κ2) is 1.02. The minimum atomic E-state index is 0.786. The fourth-order valence-electron chi connectivity index (χ4n) is 2.01. The van der Waals surface area contributed by atoms with Crippen molar-refractivity contribution in [3.05, 3.63) is 11.6 Å². The second-order valence-electron chi connectivity index (χ2n) is 3.01. The lowest BCUT2D eigenvalue weighted by molar-refractivity contribution is 0.695. The van der Waals surface area contributed by atoms with Gasteiger partial charge in [-0.3, -0.25) is 0 Å². The molecule has 0 aliphatic heterocycles. The Morgan fingerprint density at radius 3 is 2.75 bits per heavy atom. The van der Waals surface area contributed by atoms with Crippen LogP contribution in [0.3, 0.4) is 0 Å². The van der Waals surface area contributed by atoms with Crippen molar-refractivity contribution in [3.8, 4) is 0 Å². The van der Waals surface area contributed by atoms with E-state index in [1.807, 2.05) is 0 Å². The molecule has 0 amide bonds. The third kappa shape index (κ3) is 0.273. The van der Waals surface area contributed by atoms with Crippen molar-refractivity contribution in [2.45, 2.75) is 26.7 Å². The first-order valence-electron chi connectivity index (χ1n) is 3.52. The first-order valence-corrected chi connectivity index (χ1v) is 3.52. The minimum Gasteiger partial charge on any atom is -0.0876 e. The Labute approximate surface area is 50.6 Å². The van der Waals surface area contributed by atoms with Gasteiger partial charge in [-0.25, -0.2) is 0 Å². The highest BCUT2D eigenvalue weighted by molar-refractivity contribution is 5.50. The van der Waals surface area contributed by atoms with Crippen molar-refractivity contribution in [3.63, 3.8) is 0 Å². The molecule has 0 nitrogen and oxygen atoms in total. The Balaban J connectivity index is 2.16. The van der Waals surface area contributed by atoms with Crippen LogP contribution in [0.4, 0.5) is 0 Å². The molecular weight excluding hydrogens is 96.1 g/mol. The van der Waals surface area contributed by atoms with E-state index >= 15 is 0 Å². The summed E-state index contributed by atoms with van der Waals surface area (Å²) in [7, 11) is 0. The maximum absolute atomic E-state index is 2.30. The quantitative estimate of drug-likeness (QED) is 0.452. The lowest BCUT2D eigenvalue weighted by Crippen LogP contribution is -1.82. The Bertz CT molecular complexity index is 155. The van der Waals surface area contributed by atoms with Crippen molar-refractivity contribution in [1.82, 2.24) is 0 Å². The summed E-state index contributed by atoms with van der Waals surface area (Å²) < 4.78 is 0. The number of hydrogen-bond donors (Lipinski definition) is 0. The SMILES string of the molecule is CC=C1C2CC12CC. The molecule has 8 heavy (non-hydrogen) atoms.